The Balaban J connectivity index is 2.46. The average Bonchev–Trinajstić information content (AvgIpc) is 2.16. The van der Waals surface area contributed by atoms with Gasteiger partial charge < -0.3 is 10.3 Å². The van der Waals surface area contributed by atoms with Gasteiger partial charge in [0.1, 0.15) is 0 Å². The van der Waals surface area contributed by atoms with Crippen LogP contribution in [0.1, 0.15) is 30.1 Å². The summed E-state index contributed by atoms with van der Waals surface area (Å²) in [5, 5.41) is 3.26. The fourth-order valence-corrected chi connectivity index (χ4v) is 2.00. The molecular weight excluding hydrogens is 164 g/mol. The highest BCUT2D eigenvalue weighted by Gasteiger charge is 2.18. The molecule has 13 heavy (non-hydrogen) atoms. The summed E-state index contributed by atoms with van der Waals surface area (Å²) < 4.78 is 0. The van der Waals surface area contributed by atoms with E-state index in [1.54, 1.807) is 6.07 Å². The Labute approximate surface area is 77.2 Å². The van der Waals surface area contributed by atoms with Gasteiger partial charge in [0.2, 0.25) is 5.56 Å². The van der Waals surface area contributed by atoms with Gasteiger partial charge in [-0.1, -0.05) is 6.07 Å². The molecule has 0 spiro atoms. The number of aromatic amines is 1. The van der Waals surface area contributed by atoms with E-state index in [0.29, 0.717) is 6.04 Å². The van der Waals surface area contributed by atoms with E-state index < -0.39 is 0 Å². The second kappa shape index (κ2) is 3.34. The highest BCUT2D eigenvalue weighted by molar-refractivity contribution is 5.25. The lowest BCUT2D eigenvalue weighted by molar-refractivity contribution is 0.489. The number of H-pyrrole nitrogens is 1. The number of nitrogens with one attached hydrogen (secondary N) is 2. The quantitative estimate of drug-likeness (QED) is 0.673. The molecule has 0 amide bonds. The second-order valence-corrected chi connectivity index (χ2v) is 3.49. The van der Waals surface area contributed by atoms with Crippen molar-refractivity contribution in [2.75, 3.05) is 7.05 Å². The van der Waals surface area contributed by atoms with Crippen molar-refractivity contribution >= 4 is 0 Å². The standard InChI is InChI=1S/C10H14N2O/c1-11-8-3-2-4-9-7(8)5-6-10(13)12-9/h5-6,8,11H,2-4H2,1H3,(H,12,13)/t8-/m0/s1. The van der Waals surface area contributed by atoms with Crippen molar-refractivity contribution in [3.8, 4) is 0 Å². The predicted molar refractivity (Wildman–Crippen MR) is 51.8 cm³/mol. The van der Waals surface area contributed by atoms with Crippen molar-refractivity contribution in [3.63, 3.8) is 0 Å². The van der Waals surface area contributed by atoms with Crippen LogP contribution in [-0.4, -0.2) is 12.0 Å². The molecule has 0 unspecified atom stereocenters. The molecule has 0 radical (unpaired) electrons. The highest BCUT2D eigenvalue weighted by Crippen LogP contribution is 2.26. The van der Waals surface area contributed by atoms with Gasteiger partial charge in [0.15, 0.2) is 0 Å². The van der Waals surface area contributed by atoms with Gasteiger partial charge in [0.25, 0.3) is 0 Å². The molecule has 3 nitrogen and oxygen atoms in total. The van der Waals surface area contributed by atoms with Gasteiger partial charge in [-0.15, -0.1) is 0 Å². The smallest absolute Gasteiger partial charge is 0.248 e. The first-order valence-electron chi connectivity index (χ1n) is 4.70. The van der Waals surface area contributed by atoms with Crippen molar-refractivity contribution in [2.45, 2.75) is 25.3 Å². The minimum atomic E-state index is 0.00973. The summed E-state index contributed by atoms with van der Waals surface area (Å²) in [6.45, 7) is 0. The molecule has 0 fully saturated rings. The number of hydrogen-bond donors (Lipinski definition) is 2. The molecule has 1 aliphatic rings. The maximum Gasteiger partial charge on any atom is 0.248 e. The first kappa shape index (κ1) is 8.51. The van der Waals surface area contributed by atoms with E-state index >= 15 is 0 Å². The van der Waals surface area contributed by atoms with E-state index in [-0.39, 0.29) is 5.56 Å². The van der Waals surface area contributed by atoms with Gasteiger partial charge in [-0.3, -0.25) is 4.79 Å². The van der Waals surface area contributed by atoms with Crippen LogP contribution in [-0.2, 0) is 6.42 Å². The minimum absolute atomic E-state index is 0.00973. The molecule has 1 heterocycles. The van der Waals surface area contributed by atoms with Gasteiger partial charge in [-0.05, 0) is 31.9 Å². The first-order valence-corrected chi connectivity index (χ1v) is 4.70. The van der Waals surface area contributed by atoms with Crippen molar-refractivity contribution in [1.82, 2.24) is 10.3 Å². The Kier molecular flexibility index (Phi) is 2.19. The molecule has 1 aromatic rings. The van der Waals surface area contributed by atoms with Crippen molar-refractivity contribution in [2.24, 2.45) is 0 Å². The Hall–Kier alpha value is -1.09. The summed E-state index contributed by atoms with van der Waals surface area (Å²) in [6, 6.07) is 3.96. The van der Waals surface area contributed by atoms with E-state index in [9.17, 15) is 4.79 Å². The zero-order valence-electron chi connectivity index (χ0n) is 7.76. The maximum atomic E-state index is 11.1. The normalized spacial score (nSPS) is 21.2. The van der Waals surface area contributed by atoms with E-state index in [0.717, 1.165) is 25.0 Å². The van der Waals surface area contributed by atoms with Crippen LogP contribution in [0.2, 0.25) is 0 Å². The third-order valence-corrected chi connectivity index (χ3v) is 2.68. The summed E-state index contributed by atoms with van der Waals surface area (Å²) >= 11 is 0. The Bertz CT molecular complexity index is 356. The van der Waals surface area contributed by atoms with Crippen molar-refractivity contribution in [1.29, 1.82) is 0 Å². The van der Waals surface area contributed by atoms with Gasteiger partial charge in [0.05, 0.1) is 0 Å². The zero-order valence-corrected chi connectivity index (χ0v) is 7.76. The van der Waals surface area contributed by atoms with Gasteiger partial charge in [-0.25, -0.2) is 0 Å². The number of rotatable bonds is 1. The maximum absolute atomic E-state index is 11.1. The number of hydrogen-bond acceptors (Lipinski definition) is 2. The third kappa shape index (κ3) is 1.52. The van der Waals surface area contributed by atoms with Crippen LogP contribution in [0.3, 0.4) is 0 Å². The molecule has 0 aliphatic heterocycles. The Morgan fingerprint density at radius 3 is 3.15 bits per heavy atom. The van der Waals surface area contributed by atoms with Crippen LogP contribution in [0.4, 0.5) is 0 Å². The number of aryl methyl sites for hydroxylation is 1. The molecule has 0 saturated carbocycles. The molecule has 70 valence electrons. The largest absolute Gasteiger partial charge is 0.326 e. The van der Waals surface area contributed by atoms with Crippen LogP contribution in [0.25, 0.3) is 0 Å². The van der Waals surface area contributed by atoms with Crippen LogP contribution < -0.4 is 10.9 Å². The SMILES string of the molecule is CN[C@H]1CCCc2[nH]c(=O)ccc21. The van der Waals surface area contributed by atoms with E-state index in [1.807, 2.05) is 13.1 Å². The molecule has 1 atom stereocenters. The molecule has 1 aromatic heterocycles. The summed E-state index contributed by atoms with van der Waals surface area (Å²) in [5.74, 6) is 0. The molecule has 1 aliphatic carbocycles. The van der Waals surface area contributed by atoms with E-state index in [1.165, 1.54) is 5.56 Å². The zero-order chi connectivity index (χ0) is 9.26. The monoisotopic (exact) mass is 178 g/mol. The molecular formula is C10H14N2O. The summed E-state index contributed by atoms with van der Waals surface area (Å²) in [6.07, 6.45) is 3.32. The highest BCUT2D eigenvalue weighted by atomic mass is 16.1. The van der Waals surface area contributed by atoms with Gasteiger partial charge >= 0.3 is 0 Å². The summed E-state index contributed by atoms with van der Waals surface area (Å²) in [5.41, 5.74) is 2.38. The molecule has 0 bridgehead atoms. The average molecular weight is 178 g/mol. The summed E-state index contributed by atoms with van der Waals surface area (Å²) in [7, 11) is 1.96. The van der Waals surface area contributed by atoms with Crippen molar-refractivity contribution in [3.05, 3.63) is 33.7 Å². The fourth-order valence-electron chi connectivity index (χ4n) is 2.00. The number of fused-ring (bicyclic) bond motifs is 1. The molecule has 2 N–H and O–H groups in total. The van der Waals surface area contributed by atoms with Crippen LogP contribution in [0.5, 0.6) is 0 Å². The van der Waals surface area contributed by atoms with Crippen LogP contribution in [0, 0.1) is 0 Å². The predicted octanol–water partition coefficient (Wildman–Crippen LogP) is 0.972. The van der Waals surface area contributed by atoms with Gasteiger partial charge in [-0.2, -0.15) is 0 Å². The molecule has 0 aromatic carbocycles. The van der Waals surface area contributed by atoms with Crippen LogP contribution in [0.15, 0.2) is 16.9 Å². The van der Waals surface area contributed by atoms with Crippen LogP contribution >= 0.6 is 0 Å². The Morgan fingerprint density at radius 1 is 1.54 bits per heavy atom. The molecule has 2 rings (SSSR count). The summed E-state index contributed by atoms with van der Waals surface area (Å²) in [4.78, 5) is 14.0. The minimum Gasteiger partial charge on any atom is -0.326 e. The lowest BCUT2D eigenvalue weighted by atomic mass is 9.91. The molecule has 0 saturated heterocycles. The number of pyridine rings is 1. The number of aromatic nitrogens is 1. The first-order chi connectivity index (χ1) is 6.31. The lowest BCUT2D eigenvalue weighted by Gasteiger charge is -2.24. The Morgan fingerprint density at radius 2 is 2.38 bits per heavy atom. The second-order valence-electron chi connectivity index (χ2n) is 3.49. The van der Waals surface area contributed by atoms with E-state index in [4.69, 9.17) is 0 Å². The van der Waals surface area contributed by atoms with Gasteiger partial charge in [0, 0.05) is 17.8 Å². The van der Waals surface area contributed by atoms with E-state index in [2.05, 4.69) is 10.3 Å². The third-order valence-electron chi connectivity index (χ3n) is 2.68. The van der Waals surface area contributed by atoms with Crippen molar-refractivity contribution < 1.29 is 0 Å². The topological polar surface area (TPSA) is 44.9 Å². The lowest BCUT2D eigenvalue weighted by Crippen LogP contribution is -2.24. The fraction of sp³-hybridized carbons (Fsp3) is 0.500. The molecule has 3 heteroatoms.